The van der Waals surface area contributed by atoms with Gasteiger partial charge in [0.25, 0.3) is 0 Å². The Morgan fingerprint density at radius 2 is 1.24 bits per heavy atom. The van der Waals surface area contributed by atoms with Crippen molar-refractivity contribution in [2.45, 2.75) is 20.3 Å². The molecule has 0 fully saturated rings. The molecule has 29 heavy (non-hydrogen) atoms. The highest BCUT2D eigenvalue weighted by Gasteiger charge is 2.11. The van der Waals surface area contributed by atoms with Crippen LogP contribution in [0.25, 0.3) is 22.1 Å². The molecule has 4 aromatic rings. The van der Waals surface area contributed by atoms with Gasteiger partial charge in [0.15, 0.2) is 0 Å². The van der Waals surface area contributed by atoms with Crippen LogP contribution >= 0.6 is 0 Å². The maximum Gasteiger partial charge on any atom is 0.213 e. The van der Waals surface area contributed by atoms with Crippen molar-refractivity contribution in [3.05, 3.63) is 59.2 Å². The van der Waals surface area contributed by atoms with Crippen LogP contribution in [-0.2, 0) is 15.9 Å². The lowest BCUT2D eigenvalue weighted by Gasteiger charge is -2.03. The average molecular weight is 390 g/mol. The van der Waals surface area contributed by atoms with E-state index in [4.69, 9.17) is 20.3 Å². The maximum absolute atomic E-state index is 7.93. The molecule has 0 aliphatic heterocycles. The molecule has 8 nitrogen and oxygen atoms in total. The standard InChI is InChI=1S/C21H22N6O2/c1-3-28-20(22)12-5-7-14-16(9-12)26-18(24-14)11-19-25-15-8-6-13(10-17(15)27-19)21(23)29-4-2/h5-10,22-23H,3-4,11H2,1-2H3,(H,24,26)(H,25,27). The van der Waals surface area contributed by atoms with Gasteiger partial charge in [-0.2, -0.15) is 0 Å². The summed E-state index contributed by atoms with van der Waals surface area (Å²) in [5.74, 6) is 1.84. The van der Waals surface area contributed by atoms with Crippen LogP contribution < -0.4 is 0 Å². The van der Waals surface area contributed by atoms with Crippen LogP contribution in [0.15, 0.2) is 36.4 Å². The average Bonchev–Trinajstić information content (AvgIpc) is 3.29. The topological polar surface area (TPSA) is 124 Å². The van der Waals surface area contributed by atoms with Crippen molar-refractivity contribution >= 4 is 33.9 Å². The molecule has 0 saturated carbocycles. The fraction of sp³-hybridized carbons (Fsp3) is 0.238. The van der Waals surface area contributed by atoms with Crippen molar-refractivity contribution in [2.75, 3.05) is 13.2 Å². The van der Waals surface area contributed by atoms with E-state index in [2.05, 4.69) is 19.9 Å². The molecule has 4 rings (SSSR count). The first-order valence-corrected chi connectivity index (χ1v) is 9.48. The highest BCUT2D eigenvalue weighted by atomic mass is 16.5. The molecule has 2 aromatic carbocycles. The molecular weight excluding hydrogens is 368 g/mol. The minimum atomic E-state index is 0.143. The number of aromatic nitrogens is 4. The van der Waals surface area contributed by atoms with E-state index in [1.54, 1.807) is 0 Å². The first-order chi connectivity index (χ1) is 14.1. The van der Waals surface area contributed by atoms with Crippen molar-refractivity contribution in [1.82, 2.24) is 19.9 Å². The number of ether oxygens (including phenoxy) is 2. The van der Waals surface area contributed by atoms with Crippen LogP contribution in [-0.4, -0.2) is 44.9 Å². The molecule has 2 heterocycles. The Balaban J connectivity index is 1.58. The Bertz CT molecular complexity index is 1110. The van der Waals surface area contributed by atoms with Crippen molar-refractivity contribution in [2.24, 2.45) is 0 Å². The summed E-state index contributed by atoms with van der Waals surface area (Å²) in [6.07, 6.45) is 0.514. The van der Waals surface area contributed by atoms with Gasteiger partial charge in [0.05, 0.1) is 41.7 Å². The Morgan fingerprint density at radius 3 is 1.66 bits per heavy atom. The third-order valence-electron chi connectivity index (χ3n) is 4.50. The van der Waals surface area contributed by atoms with Gasteiger partial charge in [-0.15, -0.1) is 0 Å². The summed E-state index contributed by atoms with van der Waals surface area (Å²) in [5.41, 5.74) is 4.76. The van der Waals surface area contributed by atoms with E-state index in [-0.39, 0.29) is 11.8 Å². The number of rotatable bonds is 6. The number of hydrogen-bond donors (Lipinski definition) is 4. The van der Waals surface area contributed by atoms with Crippen molar-refractivity contribution in [1.29, 1.82) is 10.8 Å². The second kappa shape index (κ2) is 7.75. The number of nitrogens with zero attached hydrogens (tertiary/aromatic N) is 2. The molecule has 0 bridgehead atoms. The predicted octanol–water partition coefficient (Wildman–Crippen LogP) is 3.75. The number of nitrogens with one attached hydrogen (secondary N) is 4. The van der Waals surface area contributed by atoms with Gasteiger partial charge in [-0.05, 0) is 50.2 Å². The van der Waals surface area contributed by atoms with Gasteiger partial charge in [-0.25, -0.2) is 9.97 Å². The monoisotopic (exact) mass is 390 g/mol. The highest BCUT2D eigenvalue weighted by molar-refractivity contribution is 5.96. The normalized spacial score (nSPS) is 11.1. The van der Waals surface area contributed by atoms with E-state index in [1.807, 2.05) is 50.2 Å². The van der Waals surface area contributed by atoms with Crippen LogP contribution in [0.2, 0.25) is 0 Å². The number of H-pyrrole nitrogens is 2. The van der Waals surface area contributed by atoms with Gasteiger partial charge in [0.2, 0.25) is 11.8 Å². The smallest absolute Gasteiger partial charge is 0.213 e. The third kappa shape index (κ3) is 3.82. The first kappa shape index (κ1) is 18.7. The van der Waals surface area contributed by atoms with E-state index < -0.39 is 0 Å². The van der Waals surface area contributed by atoms with E-state index in [0.29, 0.717) is 30.8 Å². The van der Waals surface area contributed by atoms with Crippen molar-refractivity contribution in [3.8, 4) is 0 Å². The lowest BCUT2D eigenvalue weighted by molar-refractivity contribution is 0.325. The fourth-order valence-corrected chi connectivity index (χ4v) is 3.18. The molecule has 0 saturated heterocycles. The largest absolute Gasteiger partial charge is 0.478 e. The van der Waals surface area contributed by atoms with Gasteiger partial charge in [0, 0.05) is 11.1 Å². The zero-order chi connectivity index (χ0) is 20.4. The maximum atomic E-state index is 7.93. The first-order valence-electron chi connectivity index (χ1n) is 9.48. The molecule has 0 spiro atoms. The minimum absolute atomic E-state index is 0.143. The molecule has 0 radical (unpaired) electrons. The van der Waals surface area contributed by atoms with E-state index >= 15 is 0 Å². The number of benzene rings is 2. The SMILES string of the molecule is CCOC(=N)c1ccc2[nH]c(Cc3nc4cc(C(=N)OCC)ccc4[nH]3)nc2c1. The van der Waals surface area contributed by atoms with E-state index in [0.717, 1.165) is 33.7 Å². The Morgan fingerprint density at radius 1 is 0.793 bits per heavy atom. The Kier molecular flexibility index (Phi) is 4.99. The fourth-order valence-electron chi connectivity index (χ4n) is 3.18. The molecular formula is C21H22N6O2. The summed E-state index contributed by atoms with van der Waals surface area (Å²) in [4.78, 5) is 15.9. The zero-order valence-electron chi connectivity index (χ0n) is 16.3. The Hall–Kier alpha value is -3.68. The third-order valence-corrected chi connectivity index (χ3v) is 4.50. The van der Waals surface area contributed by atoms with E-state index in [1.165, 1.54) is 0 Å². The molecule has 0 aliphatic carbocycles. The summed E-state index contributed by atoms with van der Waals surface area (Å²) >= 11 is 0. The van der Waals surface area contributed by atoms with E-state index in [9.17, 15) is 0 Å². The number of imidazole rings is 2. The lowest BCUT2D eigenvalue weighted by Crippen LogP contribution is -2.04. The van der Waals surface area contributed by atoms with Crippen molar-refractivity contribution < 1.29 is 9.47 Å². The van der Waals surface area contributed by atoms with Gasteiger partial charge in [0.1, 0.15) is 11.6 Å². The molecule has 0 amide bonds. The molecule has 2 aromatic heterocycles. The van der Waals surface area contributed by atoms with Gasteiger partial charge in [-0.3, -0.25) is 10.8 Å². The predicted molar refractivity (Wildman–Crippen MR) is 112 cm³/mol. The van der Waals surface area contributed by atoms with Crippen LogP contribution in [0.4, 0.5) is 0 Å². The molecule has 148 valence electrons. The second-order valence-corrected chi connectivity index (χ2v) is 6.53. The van der Waals surface area contributed by atoms with Crippen molar-refractivity contribution in [3.63, 3.8) is 0 Å². The molecule has 4 N–H and O–H groups in total. The number of fused-ring (bicyclic) bond motifs is 2. The van der Waals surface area contributed by atoms with Gasteiger partial charge >= 0.3 is 0 Å². The highest BCUT2D eigenvalue weighted by Crippen LogP contribution is 2.19. The Labute approximate surface area is 167 Å². The van der Waals surface area contributed by atoms with Crippen LogP contribution in [0, 0.1) is 10.8 Å². The van der Waals surface area contributed by atoms with Crippen LogP contribution in [0.1, 0.15) is 36.6 Å². The number of hydrogen-bond acceptors (Lipinski definition) is 6. The van der Waals surface area contributed by atoms with Gasteiger partial charge in [-0.1, -0.05) is 0 Å². The van der Waals surface area contributed by atoms with Crippen LogP contribution in [0.5, 0.6) is 0 Å². The summed E-state index contributed by atoms with van der Waals surface area (Å²) in [6.45, 7) is 4.63. The molecule has 8 heteroatoms. The second-order valence-electron chi connectivity index (χ2n) is 6.53. The summed E-state index contributed by atoms with van der Waals surface area (Å²) in [5, 5.41) is 15.9. The minimum Gasteiger partial charge on any atom is -0.478 e. The molecule has 0 aliphatic rings. The summed E-state index contributed by atoms with van der Waals surface area (Å²) in [7, 11) is 0. The zero-order valence-corrected chi connectivity index (χ0v) is 16.3. The summed E-state index contributed by atoms with van der Waals surface area (Å²) in [6, 6.07) is 11.2. The number of aromatic amines is 2. The summed E-state index contributed by atoms with van der Waals surface area (Å²) < 4.78 is 10.5. The molecule has 0 unspecified atom stereocenters. The van der Waals surface area contributed by atoms with Crippen LogP contribution in [0.3, 0.4) is 0 Å². The quantitative estimate of drug-likeness (QED) is 0.296. The lowest BCUT2D eigenvalue weighted by atomic mass is 10.2. The molecule has 0 atom stereocenters. The van der Waals surface area contributed by atoms with Gasteiger partial charge < -0.3 is 19.4 Å².